The van der Waals surface area contributed by atoms with Crippen molar-refractivity contribution in [2.45, 2.75) is 25.7 Å². The van der Waals surface area contributed by atoms with E-state index in [0.29, 0.717) is 5.56 Å². The molecule has 0 bridgehead atoms. The minimum Gasteiger partial charge on any atom is -0.504 e. The smallest absolute Gasteiger partial charge is 0.161 e. The molecule has 2 rings (SSSR count). The second-order valence-electron chi connectivity index (χ2n) is 4.97. The number of rotatable bonds is 2. The molecule has 0 aromatic heterocycles. The molecular weight excluding hydrogens is 192 g/mol. The van der Waals surface area contributed by atoms with E-state index in [4.69, 9.17) is 0 Å². The summed E-state index contributed by atoms with van der Waals surface area (Å²) in [6.45, 7) is 4.09. The summed E-state index contributed by atoms with van der Waals surface area (Å²) in [6, 6.07) is 4.90. The molecule has 1 aromatic carbocycles. The molecule has 1 aliphatic carbocycles. The fourth-order valence-corrected chi connectivity index (χ4v) is 2.44. The molecule has 3 heteroatoms. The lowest BCUT2D eigenvalue weighted by Crippen LogP contribution is -2.19. The summed E-state index contributed by atoms with van der Waals surface area (Å²) in [6.07, 6.45) is 0.827. The molecule has 1 aromatic rings. The average Bonchev–Trinajstić information content (AvgIpc) is 2.74. The van der Waals surface area contributed by atoms with Crippen molar-refractivity contribution < 1.29 is 15.3 Å². The maximum Gasteiger partial charge on any atom is 0.161 e. The van der Waals surface area contributed by atoms with Crippen molar-refractivity contribution in [1.82, 2.24) is 0 Å². The van der Waals surface area contributed by atoms with Gasteiger partial charge in [-0.2, -0.15) is 0 Å². The Hall–Kier alpha value is -1.22. The number of aliphatic hydroxyl groups excluding tert-OH is 1. The molecule has 0 radical (unpaired) electrons. The van der Waals surface area contributed by atoms with Gasteiger partial charge in [-0.1, -0.05) is 26.0 Å². The lowest BCUT2D eigenvalue weighted by molar-refractivity contribution is 0.227. The molecule has 0 saturated heterocycles. The van der Waals surface area contributed by atoms with Gasteiger partial charge in [0, 0.05) is 11.0 Å². The van der Waals surface area contributed by atoms with E-state index in [2.05, 4.69) is 0 Å². The second-order valence-corrected chi connectivity index (χ2v) is 4.97. The van der Waals surface area contributed by atoms with Crippen LogP contribution in [0, 0.1) is 5.41 Å². The molecular formula is C12H16O3. The Morgan fingerprint density at radius 1 is 1.27 bits per heavy atom. The highest BCUT2D eigenvalue weighted by molar-refractivity contribution is 5.52. The quantitative estimate of drug-likeness (QED) is 0.649. The van der Waals surface area contributed by atoms with Crippen LogP contribution in [0.2, 0.25) is 0 Å². The van der Waals surface area contributed by atoms with Crippen LogP contribution in [0.5, 0.6) is 11.5 Å². The van der Waals surface area contributed by atoms with Crippen molar-refractivity contribution in [2.75, 3.05) is 6.61 Å². The number of phenolic OH excluding ortho intramolecular Hbond substituents is 2. The minimum atomic E-state index is -0.393. The minimum absolute atomic E-state index is 0.00296. The highest BCUT2D eigenvalue weighted by atomic mass is 16.3. The molecule has 1 fully saturated rings. The van der Waals surface area contributed by atoms with Gasteiger partial charge >= 0.3 is 0 Å². The summed E-state index contributed by atoms with van der Waals surface area (Å²) in [4.78, 5) is 0. The molecule has 1 atom stereocenters. The van der Waals surface area contributed by atoms with E-state index in [1.807, 2.05) is 13.8 Å². The fraction of sp³-hybridized carbons (Fsp3) is 0.500. The molecule has 3 nitrogen and oxygen atoms in total. The Morgan fingerprint density at radius 3 is 2.33 bits per heavy atom. The third-order valence-corrected chi connectivity index (χ3v) is 3.71. The van der Waals surface area contributed by atoms with Crippen LogP contribution in [0.3, 0.4) is 0 Å². The number of aromatic hydroxyl groups is 2. The van der Waals surface area contributed by atoms with Crippen LogP contribution in [0.4, 0.5) is 0 Å². The molecule has 0 spiro atoms. The maximum atomic E-state index is 9.78. The van der Waals surface area contributed by atoms with Crippen LogP contribution >= 0.6 is 0 Å². The molecule has 1 saturated carbocycles. The van der Waals surface area contributed by atoms with Gasteiger partial charge in [-0.05, 0) is 17.9 Å². The van der Waals surface area contributed by atoms with Crippen LogP contribution in [-0.2, 0) is 5.41 Å². The van der Waals surface area contributed by atoms with Crippen LogP contribution in [0.1, 0.15) is 25.8 Å². The summed E-state index contributed by atoms with van der Waals surface area (Å²) in [5.41, 5.74) is 0.234. The van der Waals surface area contributed by atoms with Crippen LogP contribution in [-0.4, -0.2) is 21.9 Å². The average molecular weight is 208 g/mol. The summed E-state index contributed by atoms with van der Waals surface area (Å²) < 4.78 is 0. The van der Waals surface area contributed by atoms with Gasteiger partial charge < -0.3 is 15.3 Å². The van der Waals surface area contributed by atoms with Gasteiger partial charge in [-0.15, -0.1) is 0 Å². The Labute approximate surface area is 89.0 Å². The molecule has 82 valence electrons. The molecule has 1 unspecified atom stereocenters. The normalized spacial score (nSPS) is 27.7. The van der Waals surface area contributed by atoms with Gasteiger partial charge in [0.05, 0.1) is 6.61 Å². The van der Waals surface area contributed by atoms with Crippen molar-refractivity contribution in [3.8, 4) is 11.5 Å². The molecule has 1 aliphatic rings. The zero-order chi connectivity index (χ0) is 11.3. The number of para-hydroxylation sites is 1. The third kappa shape index (κ3) is 1.23. The summed E-state index contributed by atoms with van der Waals surface area (Å²) in [5.74, 6) is -0.222. The van der Waals surface area contributed by atoms with Crippen LogP contribution < -0.4 is 0 Å². The highest BCUT2D eigenvalue weighted by Crippen LogP contribution is 2.65. The fourth-order valence-electron chi connectivity index (χ4n) is 2.44. The zero-order valence-corrected chi connectivity index (χ0v) is 8.99. The first-order valence-electron chi connectivity index (χ1n) is 5.07. The number of phenols is 2. The number of hydrogen-bond donors (Lipinski definition) is 3. The van der Waals surface area contributed by atoms with Crippen molar-refractivity contribution in [3.05, 3.63) is 23.8 Å². The van der Waals surface area contributed by atoms with Gasteiger partial charge in [0.2, 0.25) is 0 Å². The first-order valence-corrected chi connectivity index (χ1v) is 5.07. The summed E-state index contributed by atoms with van der Waals surface area (Å²) in [7, 11) is 0. The predicted octanol–water partition coefficient (Wildman–Crippen LogP) is 1.76. The maximum absolute atomic E-state index is 9.78. The molecule has 0 aliphatic heterocycles. The zero-order valence-electron chi connectivity index (χ0n) is 8.99. The first-order chi connectivity index (χ1) is 6.94. The van der Waals surface area contributed by atoms with E-state index in [0.717, 1.165) is 6.42 Å². The van der Waals surface area contributed by atoms with E-state index in [1.165, 1.54) is 6.07 Å². The Morgan fingerprint density at radius 2 is 1.87 bits per heavy atom. The SMILES string of the molecule is CC1(C)CC1(CO)c1cccc(O)c1O. The van der Waals surface area contributed by atoms with Crippen LogP contribution in [0.25, 0.3) is 0 Å². The monoisotopic (exact) mass is 208 g/mol. The summed E-state index contributed by atoms with van der Waals surface area (Å²) >= 11 is 0. The third-order valence-electron chi connectivity index (χ3n) is 3.71. The summed E-state index contributed by atoms with van der Waals surface area (Å²) in [5, 5.41) is 28.7. The van der Waals surface area contributed by atoms with Gasteiger partial charge in [0.1, 0.15) is 0 Å². The van der Waals surface area contributed by atoms with Crippen molar-refractivity contribution in [3.63, 3.8) is 0 Å². The molecule has 0 amide bonds. The Kier molecular flexibility index (Phi) is 1.98. The van der Waals surface area contributed by atoms with E-state index in [-0.39, 0.29) is 23.5 Å². The lowest BCUT2D eigenvalue weighted by atomic mass is 9.88. The van der Waals surface area contributed by atoms with E-state index in [9.17, 15) is 15.3 Å². The standard InChI is InChI=1S/C12H16O3/c1-11(2)6-12(11,7-13)8-4-3-5-9(14)10(8)15/h3-5,13-15H,6-7H2,1-2H3. The first kappa shape index (κ1) is 10.3. The Bertz CT molecular complexity index is 398. The molecule has 0 heterocycles. The molecule has 3 N–H and O–H groups in total. The van der Waals surface area contributed by atoms with Crippen molar-refractivity contribution in [2.24, 2.45) is 5.41 Å². The van der Waals surface area contributed by atoms with Crippen molar-refractivity contribution >= 4 is 0 Å². The van der Waals surface area contributed by atoms with Crippen molar-refractivity contribution in [1.29, 1.82) is 0 Å². The van der Waals surface area contributed by atoms with Gasteiger partial charge in [-0.3, -0.25) is 0 Å². The molecule has 15 heavy (non-hydrogen) atoms. The van der Waals surface area contributed by atoms with Gasteiger partial charge in [0.15, 0.2) is 11.5 Å². The van der Waals surface area contributed by atoms with E-state index in [1.54, 1.807) is 12.1 Å². The largest absolute Gasteiger partial charge is 0.504 e. The number of aliphatic hydroxyl groups is 1. The topological polar surface area (TPSA) is 60.7 Å². The second kappa shape index (κ2) is 2.89. The lowest BCUT2D eigenvalue weighted by Gasteiger charge is -2.19. The Balaban J connectivity index is 2.51. The van der Waals surface area contributed by atoms with E-state index >= 15 is 0 Å². The highest BCUT2D eigenvalue weighted by Gasteiger charge is 2.62. The predicted molar refractivity (Wildman–Crippen MR) is 56.9 cm³/mol. The van der Waals surface area contributed by atoms with Gasteiger partial charge in [-0.25, -0.2) is 0 Å². The number of hydrogen-bond acceptors (Lipinski definition) is 3. The van der Waals surface area contributed by atoms with Gasteiger partial charge in [0.25, 0.3) is 0 Å². The number of benzene rings is 1. The van der Waals surface area contributed by atoms with Crippen LogP contribution in [0.15, 0.2) is 18.2 Å². The van der Waals surface area contributed by atoms with E-state index < -0.39 is 5.41 Å².